The Balaban J connectivity index is 1.39. The lowest BCUT2D eigenvalue weighted by atomic mass is 10.0. The molecule has 1 atom stereocenters. The van der Waals surface area contributed by atoms with Gasteiger partial charge in [0.1, 0.15) is 5.82 Å². The van der Waals surface area contributed by atoms with Crippen LogP contribution in [-0.2, 0) is 22.6 Å². The smallest absolute Gasteiger partial charge is 0.313 e. The van der Waals surface area contributed by atoms with E-state index in [2.05, 4.69) is 27.4 Å². The van der Waals surface area contributed by atoms with Gasteiger partial charge in [0.05, 0.1) is 10.9 Å². The second-order valence-electron chi connectivity index (χ2n) is 8.62. The van der Waals surface area contributed by atoms with Crippen LogP contribution in [0, 0.1) is 0 Å². The quantitative estimate of drug-likeness (QED) is 0.731. The third kappa shape index (κ3) is 4.95. The minimum Gasteiger partial charge on any atom is -0.347 e. The molecule has 1 aromatic heterocycles. The van der Waals surface area contributed by atoms with Crippen molar-refractivity contribution in [3.63, 3.8) is 0 Å². The topological polar surface area (TPSA) is 96.3 Å². The Morgan fingerprint density at radius 3 is 2.77 bits per heavy atom. The van der Waals surface area contributed by atoms with Gasteiger partial charge in [-0.05, 0) is 57.4 Å². The summed E-state index contributed by atoms with van der Waals surface area (Å²) in [5.74, 6) is -0.565. The van der Waals surface area contributed by atoms with Gasteiger partial charge in [-0.2, -0.15) is 0 Å². The monoisotopic (exact) mass is 425 g/mol. The van der Waals surface area contributed by atoms with E-state index < -0.39 is 11.8 Å². The number of aromatic nitrogens is 2. The molecule has 2 aromatic rings. The Hall–Kier alpha value is -2.74. The van der Waals surface area contributed by atoms with E-state index in [9.17, 15) is 14.4 Å². The largest absolute Gasteiger partial charge is 0.347 e. The molecule has 8 heteroatoms. The second kappa shape index (κ2) is 9.60. The van der Waals surface area contributed by atoms with Crippen molar-refractivity contribution in [2.45, 2.75) is 64.5 Å². The number of likely N-dealkylation sites (tertiary alicyclic amines) is 1. The van der Waals surface area contributed by atoms with Crippen LogP contribution in [0.25, 0.3) is 10.9 Å². The highest BCUT2D eigenvalue weighted by molar-refractivity contribution is 6.39. The maximum absolute atomic E-state index is 12.9. The summed E-state index contributed by atoms with van der Waals surface area (Å²) in [6.45, 7) is 5.08. The molecule has 0 radical (unpaired) electrons. The molecule has 1 aromatic carbocycles. The van der Waals surface area contributed by atoms with Crippen LogP contribution in [-0.4, -0.2) is 51.9 Å². The molecule has 1 unspecified atom stereocenters. The van der Waals surface area contributed by atoms with Gasteiger partial charge in [0, 0.05) is 37.8 Å². The van der Waals surface area contributed by atoms with E-state index in [1.165, 1.54) is 19.3 Å². The van der Waals surface area contributed by atoms with Gasteiger partial charge < -0.3 is 10.6 Å². The van der Waals surface area contributed by atoms with E-state index in [-0.39, 0.29) is 5.56 Å². The number of nitrogens with one attached hydrogen (secondary N) is 2. The van der Waals surface area contributed by atoms with Crippen LogP contribution < -0.4 is 16.2 Å². The summed E-state index contributed by atoms with van der Waals surface area (Å²) in [5.41, 5.74) is 0.958. The maximum Gasteiger partial charge on any atom is 0.313 e. The molecule has 3 heterocycles. The number of piperidine rings is 1. The van der Waals surface area contributed by atoms with E-state index in [0.29, 0.717) is 35.7 Å². The molecule has 2 amide bonds. The Morgan fingerprint density at radius 2 is 1.94 bits per heavy atom. The zero-order chi connectivity index (χ0) is 21.8. The number of fused-ring (bicyclic) bond motifs is 2. The highest BCUT2D eigenvalue weighted by atomic mass is 16.2. The zero-order valence-electron chi connectivity index (χ0n) is 18.2. The zero-order valence-corrected chi connectivity index (χ0v) is 18.2. The summed E-state index contributed by atoms with van der Waals surface area (Å²) < 4.78 is 1.75. The Labute approximate surface area is 182 Å². The number of rotatable bonds is 4. The molecule has 4 rings (SSSR count). The third-order valence-electron chi connectivity index (χ3n) is 6.40. The third-order valence-corrected chi connectivity index (χ3v) is 6.40. The molecule has 166 valence electrons. The lowest BCUT2D eigenvalue weighted by molar-refractivity contribution is -0.136. The maximum atomic E-state index is 12.9. The Kier molecular flexibility index (Phi) is 6.65. The minimum absolute atomic E-state index is 0.0851. The first-order valence-electron chi connectivity index (χ1n) is 11.4. The van der Waals surface area contributed by atoms with E-state index in [1.807, 2.05) is 0 Å². The van der Waals surface area contributed by atoms with Crippen molar-refractivity contribution in [2.24, 2.45) is 0 Å². The standard InChI is InChI=1S/C23H31N5O3/c1-16-7-4-6-12-27(16)14-11-24-21(29)22(30)25-17-9-10-19-18(15-17)23(31)28-13-5-2-3-8-20(28)26-19/h9-10,15-16H,2-8,11-14H2,1H3,(H,24,29)(H,25,30). The number of benzene rings is 1. The van der Waals surface area contributed by atoms with Gasteiger partial charge in [-0.25, -0.2) is 4.98 Å². The van der Waals surface area contributed by atoms with Crippen LogP contribution in [0.4, 0.5) is 5.69 Å². The van der Waals surface area contributed by atoms with Crippen LogP contribution in [0.1, 0.15) is 51.3 Å². The van der Waals surface area contributed by atoms with Crippen molar-refractivity contribution in [3.8, 4) is 0 Å². The molecular formula is C23H31N5O3. The molecule has 2 aliphatic rings. The molecule has 0 bridgehead atoms. The molecule has 2 N–H and O–H groups in total. The lowest BCUT2D eigenvalue weighted by Crippen LogP contribution is -2.44. The fourth-order valence-electron chi connectivity index (χ4n) is 4.57. The predicted molar refractivity (Wildman–Crippen MR) is 120 cm³/mol. The average Bonchev–Trinajstić information content (AvgIpc) is 3.01. The SMILES string of the molecule is CC1CCCCN1CCNC(=O)C(=O)Nc1ccc2nc3n(c(=O)c2c1)CCCCC3. The van der Waals surface area contributed by atoms with Crippen LogP contribution in [0.15, 0.2) is 23.0 Å². The van der Waals surface area contributed by atoms with Crippen LogP contribution >= 0.6 is 0 Å². The summed E-state index contributed by atoms with van der Waals surface area (Å²) in [7, 11) is 0. The normalized spacial score (nSPS) is 19.5. The molecular weight excluding hydrogens is 394 g/mol. The van der Waals surface area contributed by atoms with Gasteiger partial charge in [0.25, 0.3) is 5.56 Å². The number of hydrogen-bond donors (Lipinski definition) is 2. The van der Waals surface area contributed by atoms with Gasteiger partial charge in [0.15, 0.2) is 0 Å². The first-order valence-corrected chi connectivity index (χ1v) is 11.4. The number of anilines is 1. The van der Waals surface area contributed by atoms with E-state index in [0.717, 1.165) is 44.6 Å². The number of nitrogens with zero attached hydrogens (tertiary/aromatic N) is 3. The molecule has 0 aliphatic carbocycles. The summed E-state index contributed by atoms with van der Waals surface area (Å²) in [5, 5.41) is 5.77. The van der Waals surface area contributed by atoms with Crippen LogP contribution in [0.3, 0.4) is 0 Å². The van der Waals surface area contributed by atoms with Crippen molar-refractivity contribution >= 4 is 28.4 Å². The van der Waals surface area contributed by atoms with Gasteiger partial charge in [-0.3, -0.25) is 23.9 Å². The van der Waals surface area contributed by atoms with Gasteiger partial charge in [-0.1, -0.05) is 12.8 Å². The molecule has 1 fully saturated rings. The van der Waals surface area contributed by atoms with E-state index >= 15 is 0 Å². The van der Waals surface area contributed by atoms with Crippen molar-refractivity contribution in [1.82, 2.24) is 19.8 Å². The molecule has 0 spiro atoms. The van der Waals surface area contributed by atoms with Crippen molar-refractivity contribution in [3.05, 3.63) is 34.4 Å². The number of amides is 2. The molecule has 2 aliphatic heterocycles. The van der Waals surface area contributed by atoms with Crippen molar-refractivity contribution in [2.75, 3.05) is 25.0 Å². The highest BCUT2D eigenvalue weighted by Gasteiger charge is 2.19. The average molecular weight is 426 g/mol. The molecule has 8 nitrogen and oxygen atoms in total. The van der Waals surface area contributed by atoms with Crippen LogP contribution in [0.5, 0.6) is 0 Å². The van der Waals surface area contributed by atoms with Gasteiger partial charge in [0.2, 0.25) is 0 Å². The highest BCUT2D eigenvalue weighted by Crippen LogP contribution is 2.18. The van der Waals surface area contributed by atoms with Crippen molar-refractivity contribution < 1.29 is 9.59 Å². The molecule has 31 heavy (non-hydrogen) atoms. The predicted octanol–water partition coefficient (Wildman–Crippen LogP) is 2.05. The fourth-order valence-corrected chi connectivity index (χ4v) is 4.57. The van der Waals surface area contributed by atoms with Gasteiger partial charge in [-0.15, -0.1) is 0 Å². The Morgan fingerprint density at radius 1 is 1.10 bits per heavy atom. The lowest BCUT2D eigenvalue weighted by Gasteiger charge is -2.33. The molecule has 0 saturated carbocycles. The van der Waals surface area contributed by atoms with Gasteiger partial charge >= 0.3 is 11.8 Å². The summed E-state index contributed by atoms with van der Waals surface area (Å²) in [6.07, 6.45) is 7.50. The first kappa shape index (κ1) is 21.5. The number of carbonyl (C=O) groups excluding carboxylic acids is 2. The first-order chi connectivity index (χ1) is 15.0. The molecule has 1 saturated heterocycles. The number of aryl methyl sites for hydroxylation is 1. The fraction of sp³-hybridized carbons (Fsp3) is 0.565. The summed E-state index contributed by atoms with van der Waals surface area (Å²) >= 11 is 0. The minimum atomic E-state index is -0.728. The van der Waals surface area contributed by atoms with E-state index in [1.54, 1.807) is 22.8 Å². The Bertz CT molecular complexity index is 1030. The summed E-state index contributed by atoms with van der Waals surface area (Å²) in [4.78, 5) is 44.5. The summed E-state index contributed by atoms with van der Waals surface area (Å²) in [6, 6.07) is 5.54. The number of hydrogen-bond acceptors (Lipinski definition) is 5. The number of carbonyl (C=O) groups is 2. The van der Waals surface area contributed by atoms with E-state index in [4.69, 9.17) is 0 Å². The van der Waals surface area contributed by atoms with Crippen LogP contribution in [0.2, 0.25) is 0 Å². The second-order valence-corrected chi connectivity index (χ2v) is 8.62. The van der Waals surface area contributed by atoms with Crippen molar-refractivity contribution in [1.29, 1.82) is 0 Å².